The van der Waals surface area contributed by atoms with Crippen LogP contribution in [-0.4, -0.2) is 25.6 Å². The van der Waals surface area contributed by atoms with E-state index in [1.54, 1.807) is 7.11 Å². The smallest absolute Gasteiger partial charge is 0.121 e. The molecule has 21 heavy (non-hydrogen) atoms. The van der Waals surface area contributed by atoms with Crippen molar-refractivity contribution >= 4 is 5.69 Å². The molecule has 112 valence electrons. The van der Waals surface area contributed by atoms with Gasteiger partial charge < -0.3 is 15.4 Å². The Morgan fingerprint density at radius 1 is 1.05 bits per heavy atom. The summed E-state index contributed by atoms with van der Waals surface area (Å²) in [5.41, 5.74) is 9.23. The lowest BCUT2D eigenvalue weighted by Gasteiger charge is -2.17. The molecule has 0 aliphatic carbocycles. The van der Waals surface area contributed by atoms with Crippen LogP contribution in [0.15, 0.2) is 48.5 Å². The van der Waals surface area contributed by atoms with E-state index < -0.39 is 0 Å². The maximum atomic E-state index is 5.89. The van der Waals surface area contributed by atoms with E-state index in [0.717, 1.165) is 37.4 Å². The van der Waals surface area contributed by atoms with Gasteiger partial charge in [-0.25, -0.2) is 0 Å². The molecule has 0 bridgehead atoms. The zero-order valence-electron chi connectivity index (χ0n) is 12.9. The van der Waals surface area contributed by atoms with Gasteiger partial charge in [0.2, 0.25) is 0 Å². The summed E-state index contributed by atoms with van der Waals surface area (Å²) in [4.78, 5) is 2.32. The van der Waals surface area contributed by atoms with Gasteiger partial charge in [0.15, 0.2) is 0 Å². The number of methoxy groups -OCH3 is 1. The monoisotopic (exact) mass is 284 g/mol. The molecule has 0 aliphatic rings. The van der Waals surface area contributed by atoms with Crippen molar-refractivity contribution < 1.29 is 4.74 Å². The highest BCUT2D eigenvalue weighted by Gasteiger charge is 2.04. The van der Waals surface area contributed by atoms with Gasteiger partial charge in [0.05, 0.1) is 7.11 Å². The van der Waals surface area contributed by atoms with Crippen molar-refractivity contribution in [1.29, 1.82) is 0 Å². The number of nitrogen functional groups attached to an aromatic ring is 1. The molecule has 0 heterocycles. The van der Waals surface area contributed by atoms with Crippen molar-refractivity contribution in [3.63, 3.8) is 0 Å². The third-order valence-corrected chi connectivity index (χ3v) is 3.52. The highest BCUT2D eigenvalue weighted by molar-refractivity contribution is 5.47. The van der Waals surface area contributed by atoms with E-state index in [1.165, 1.54) is 11.1 Å². The van der Waals surface area contributed by atoms with Crippen LogP contribution in [0, 0.1) is 0 Å². The SMILES string of the molecule is COc1cc(N)cc(CN(C)CCCc2ccccc2)c1. The molecule has 0 saturated heterocycles. The third kappa shape index (κ3) is 5.12. The van der Waals surface area contributed by atoms with E-state index in [1.807, 2.05) is 18.2 Å². The lowest BCUT2D eigenvalue weighted by molar-refractivity contribution is 0.321. The van der Waals surface area contributed by atoms with E-state index in [4.69, 9.17) is 10.5 Å². The van der Waals surface area contributed by atoms with Crippen molar-refractivity contribution in [1.82, 2.24) is 4.90 Å². The molecule has 0 aliphatic heterocycles. The maximum Gasteiger partial charge on any atom is 0.121 e. The fourth-order valence-electron chi connectivity index (χ4n) is 2.48. The summed E-state index contributed by atoms with van der Waals surface area (Å²) in [6.07, 6.45) is 2.27. The average Bonchev–Trinajstić information content (AvgIpc) is 2.47. The summed E-state index contributed by atoms with van der Waals surface area (Å²) in [5.74, 6) is 0.822. The molecule has 2 N–H and O–H groups in total. The van der Waals surface area contributed by atoms with E-state index >= 15 is 0 Å². The maximum absolute atomic E-state index is 5.89. The zero-order chi connectivity index (χ0) is 15.1. The van der Waals surface area contributed by atoms with E-state index in [-0.39, 0.29) is 0 Å². The van der Waals surface area contributed by atoms with Crippen LogP contribution in [-0.2, 0) is 13.0 Å². The van der Waals surface area contributed by atoms with Gasteiger partial charge in [-0.3, -0.25) is 0 Å². The molecular weight excluding hydrogens is 260 g/mol. The molecule has 2 aromatic rings. The second-order valence-corrected chi connectivity index (χ2v) is 5.44. The van der Waals surface area contributed by atoms with Gasteiger partial charge in [0.1, 0.15) is 5.75 Å². The number of ether oxygens (including phenoxy) is 1. The minimum absolute atomic E-state index is 0.752. The Bertz CT molecular complexity index is 554. The highest BCUT2D eigenvalue weighted by atomic mass is 16.5. The van der Waals surface area contributed by atoms with Gasteiger partial charge in [0.25, 0.3) is 0 Å². The fraction of sp³-hybridized carbons (Fsp3) is 0.333. The topological polar surface area (TPSA) is 38.5 Å². The first-order valence-corrected chi connectivity index (χ1v) is 7.33. The number of nitrogens with zero attached hydrogens (tertiary/aromatic N) is 1. The molecule has 0 saturated carbocycles. The Labute approximate surface area is 127 Å². The number of anilines is 1. The molecule has 2 rings (SSSR count). The normalized spacial score (nSPS) is 10.8. The van der Waals surface area contributed by atoms with Crippen molar-refractivity contribution in [2.75, 3.05) is 26.4 Å². The number of hydrogen-bond acceptors (Lipinski definition) is 3. The van der Waals surface area contributed by atoms with Gasteiger partial charge in [-0.1, -0.05) is 30.3 Å². The van der Waals surface area contributed by atoms with Crippen LogP contribution in [0.1, 0.15) is 17.5 Å². The van der Waals surface area contributed by atoms with Crippen molar-refractivity contribution in [3.05, 3.63) is 59.7 Å². The molecule has 0 atom stereocenters. The lowest BCUT2D eigenvalue weighted by atomic mass is 10.1. The summed E-state index contributed by atoms with van der Waals surface area (Å²) in [6.45, 7) is 1.95. The largest absolute Gasteiger partial charge is 0.497 e. The lowest BCUT2D eigenvalue weighted by Crippen LogP contribution is -2.19. The summed E-state index contributed by atoms with van der Waals surface area (Å²) >= 11 is 0. The molecule has 0 amide bonds. The third-order valence-electron chi connectivity index (χ3n) is 3.52. The highest BCUT2D eigenvalue weighted by Crippen LogP contribution is 2.19. The molecule has 0 fully saturated rings. The van der Waals surface area contributed by atoms with E-state index in [9.17, 15) is 0 Å². The Kier molecular flexibility index (Phi) is 5.64. The molecule has 0 aromatic heterocycles. The predicted octanol–water partition coefficient (Wildman–Crippen LogP) is 3.34. The van der Waals surface area contributed by atoms with Gasteiger partial charge in [-0.2, -0.15) is 0 Å². The molecule has 0 spiro atoms. The zero-order valence-corrected chi connectivity index (χ0v) is 12.9. The first-order valence-electron chi connectivity index (χ1n) is 7.33. The Morgan fingerprint density at radius 3 is 2.52 bits per heavy atom. The Hall–Kier alpha value is -2.00. The van der Waals surface area contributed by atoms with Crippen LogP contribution < -0.4 is 10.5 Å². The number of aryl methyl sites for hydroxylation is 1. The van der Waals surface area contributed by atoms with Gasteiger partial charge in [-0.15, -0.1) is 0 Å². The fourth-order valence-corrected chi connectivity index (χ4v) is 2.48. The first-order chi connectivity index (χ1) is 10.2. The molecule has 0 unspecified atom stereocenters. The Balaban J connectivity index is 1.81. The summed E-state index contributed by atoms with van der Waals surface area (Å²) < 4.78 is 5.26. The van der Waals surface area contributed by atoms with Crippen molar-refractivity contribution in [2.24, 2.45) is 0 Å². The second kappa shape index (κ2) is 7.70. The van der Waals surface area contributed by atoms with Crippen molar-refractivity contribution in [2.45, 2.75) is 19.4 Å². The molecule has 3 nitrogen and oxygen atoms in total. The quantitative estimate of drug-likeness (QED) is 0.793. The second-order valence-electron chi connectivity index (χ2n) is 5.44. The van der Waals surface area contributed by atoms with E-state index in [0.29, 0.717) is 0 Å². The van der Waals surface area contributed by atoms with Crippen LogP contribution in [0.25, 0.3) is 0 Å². The van der Waals surface area contributed by atoms with Gasteiger partial charge in [-0.05, 0) is 49.7 Å². The summed E-state index contributed by atoms with van der Waals surface area (Å²) in [7, 11) is 3.81. The van der Waals surface area contributed by atoms with Crippen LogP contribution in [0.4, 0.5) is 5.69 Å². The first kappa shape index (κ1) is 15.4. The van der Waals surface area contributed by atoms with Crippen LogP contribution in [0.5, 0.6) is 5.75 Å². The summed E-state index contributed by atoms with van der Waals surface area (Å²) in [5, 5.41) is 0. The van der Waals surface area contributed by atoms with Gasteiger partial charge in [0, 0.05) is 18.3 Å². The predicted molar refractivity (Wildman–Crippen MR) is 88.5 cm³/mol. The minimum Gasteiger partial charge on any atom is -0.497 e. The van der Waals surface area contributed by atoms with E-state index in [2.05, 4.69) is 42.3 Å². The summed E-state index contributed by atoms with van der Waals surface area (Å²) in [6, 6.07) is 16.5. The standard InChI is InChI=1S/C18H24N2O/c1-20(10-6-9-15-7-4-3-5-8-15)14-16-11-17(19)13-18(12-16)21-2/h3-5,7-8,11-13H,6,9-10,14,19H2,1-2H3. The van der Waals surface area contributed by atoms with Crippen LogP contribution in [0.3, 0.4) is 0 Å². The molecular formula is C18H24N2O. The number of rotatable bonds is 7. The Morgan fingerprint density at radius 2 is 1.81 bits per heavy atom. The molecule has 0 radical (unpaired) electrons. The number of nitrogens with two attached hydrogens (primary N) is 1. The molecule has 3 heteroatoms. The van der Waals surface area contributed by atoms with Gasteiger partial charge >= 0.3 is 0 Å². The molecule has 2 aromatic carbocycles. The average molecular weight is 284 g/mol. The van der Waals surface area contributed by atoms with Crippen LogP contribution >= 0.6 is 0 Å². The van der Waals surface area contributed by atoms with Crippen LogP contribution in [0.2, 0.25) is 0 Å². The minimum atomic E-state index is 0.752. The number of hydrogen-bond donors (Lipinski definition) is 1. The van der Waals surface area contributed by atoms with Crippen molar-refractivity contribution in [3.8, 4) is 5.75 Å². The number of benzene rings is 2.